The zero-order valence-electron chi connectivity index (χ0n) is 17.5. The van der Waals surface area contributed by atoms with Gasteiger partial charge in [-0.15, -0.1) is 0 Å². The molecule has 0 bridgehead atoms. The number of nitrogens with zero attached hydrogens (tertiary/aromatic N) is 4. The van der Waals surface area contributed by atoms with E-state index in [1.54, 1.807) is 9.80 Å². The Kier molecular flexibility index (Phi) is 7.90. The minimum atomic E-state index is -3.71. The average molecular weight is 441 g/mol. The number of hydrogen-bond acceptors (Lipinski definition) is 7. The predicted molar refractivity (Wildman–Crippen MR) is 111 cm³/mol. The molecule has 0 radical (unpaired) electrons. The first-order valence-electron chi connectivity index (χ1n) is 9.85. The van der Waals surface area contributed by atoms with Crippen LogP contribution in [0.1, 0.15) is 30.6 Å². The molecule has 2 amide bonds. The second-order valence-electron chi connectivity index (χ2n) is 7.23. The first kappa shape index (κ1) is 23.7. The van der Waals surface area contributed by atoms with E-state index in [0.717, 1.165) is 18.4 Å². The summed E-state index contributed by atoms with van der Waals surface area (Å²) in [5.74, 6) is -0.420. The normalized spacial score (nSPS) is 15.5. The van der Waals surface area contributed by atoms with E-state index in [1.807, 2.05) is 18.7 Å². The molecule has 1 heterocycles. The summed E-state index contributed by atoms with van der Waals surface area (Å²) in [4.78, 5) is 40.8. The van der Waals surface area contributed by atoms with E-state index in [0.29, 0.717) is 45.7 Å². The van der Waals surface area contributed by atoms with E-state index in [9.17, 15) is 28.1 Å². The van der Waals surface area contributed by atoms with Gasteiger partial charge in [-0.2, -0.15) is 0 Å². The molecule has 166 valence electrons. The molecule has 1 fully saturated rings. The lowest BCUT2D eigenvalue weighted by Gasteiger charge is -2.25. The fraction of sp³-hybridized carbons (Fsp3) is 0.579. The SMILES string of the molecule is CCN(CC)C(=O)CN1CCCN(C(=O)c2cc([N+](=O)[O-])cc(S(C)(=O)=O)c2)CC1. The molecule has 0 unspecified atom stereocenters. The molecule has 0 aliphatic carbocycles. The number of nitro benzene ring substituents is 1. The van der Waals surface area contributed by atoms with Gasteiger partial charge in [0.25, 0.3) is 11.6 Å². The number of likely N-dealkylation sites (N-methyl/N-ethyl adjacent to an activating group) is 1. The van der Waals surface area contributed by atoms with E-state index in [2.05, 4.69) is 0 Å². The van der Waals surface area contributed by atoms with Crippen LogP contribution in [0.5, 0.6) is 0 Å². The van der Waals surface area contributed by atoms with Gasteiger partial charge in [-0.1, -0.05) is 0 Å². The van der Waals surface area contributed by atoms with Crippen molar-refractivity contribution in [1.29, 1.82) is 0 Å². The number of sulfone groups is 1. The summed E-state index contributed by atoms with van der Waals surface area (Å²) in [7, 11) is -3.71. The monoisotopic (exact) mass is 440 g/mol. The average Bonchev–Trinajstić information content (AvgIpc) is 2.92. The minimum Gasteiger partial charge on any atom is -0.342 e. The molecule has 0 saturated carbocycles. The summed E-state index contributed by atoms with van der Waals surface area (Å²) in [6.45, 7) is 7.33. The standard InChI is InChI=1S/C19H28N4O6S/c1-4-21(5-2)18(24)14-20-7-6-8-22(10-9-20)19(25)15-11-16(23(26)27)13-17(12-15)30(3,28)29/h11-13H,4-10,14H2,1-3H3. The molecular formula is C19H28N4O6S. The van der Waals surface area contributed by atoms with Crippen LogP contribution in [0.3, 0.4) is 0 Å². The van der Waals surface area contributed by atoms with Crippen molar-refractivity contribution in [3.8, 4) is 0 Å². The Morgan fingerprint density at radius 3 is 2.33 bits per heavy atom. The maximum absolute atomic E-state index is 13.0. The highest BCUT2D eigenvalue weighted by Crippen LogP contribution is 2.22. The zero-order chi connectivity index (χ0) is 22.5. The number of amides is 2. The molecule has 0 spiro atoms. The van der Waals surface area contributed by atoms with Gasteiger partial charge in [-0.05, 0) is 26.3 Å². The van der Waals surface area contributed by atoms with Gasteiger partial charge in [0.1, 0.15) is 0 Å². The smallest absolute Gasteiger partial charge is 0.271 e. The number of carbonyl (C=O) groups is 2. The van der Waals surface area contributed by atoms with Gasteiger partial charge in [0, 0.05) is 63.2 Å². The molecule has 10 nitrogen and oxygen atoms in total. The third-order valence-corrected chi connectivity index (χ3v) is 6.22. The second kappa shape index (κ2) is 9.98. The molecule has 1 aromatic rings. The number of non-ortho nitro benzene ring substituents is 1. The van der Waals surface area contributed by atoms with Gasteiger partial charge < -0.3 is 9.80 Å². The summed E-state index contributed by atoms with van der Waals surface area (Å²) < 4.78 is 23.7. The van der Waals surface area contributed by atoms with Gasteiger partial charge in [0.05, 0.1) is 16.4 Å². The summed E-state index contributed by atoms with van der Waals surface area (Å²) in [6.07, 6.45) is 1.59. The first-order chi connectivity index (χ1) is 14.1. The third kappa shape index (κ3) is 5.99. The van der Waals surface area contributed by atoms with Crippen molar-refractivity contribution in [3.63, 3.8) is 0 Å². The maximum atomic E-state index is 13.0. The summed E-state index contributed by atoms with van der Waals surface area (Å²) >= 11 is 0. The number of carbonyl (C=O) groups excluding carboxylic acids is 2. The van der Waals surface area contributed by atoms with Crippen molar-refractivity contribution in [1.82, 2.24) is 14.7 Å². The molecule has 1 aliphatic heterocycles. The van der Waals surface area contributed by atoms with Crippen molar-refractivity contribution >= 4 is 27.3 Å². The molecule has 0 N–H and O–H groups in total. The number of nitro groups is 1. The maximum Gasteiger partial charge on any atom is 0.271 e. The minimum absolute atomic E-state index is 0.0303. The fourth-order valence-electron chi connectivity index (χ4n) is 3.41. The van der Waals surface area contributed by atoms with E-state index in [4.69, 9.17) is 0 Å². The molecule has 0 atom stereocenters. The van der Waals surface area contributed by atoms with E-state index in [-0.39, 0.29) is 22.9 Å². The largest absolute Gasteiger partial charge is 0.342 e. The summed E-state index contributed by atoms with van der Waals surface area (Å²) in [5.41, 5.74) is -0.472. The molecule has 2 rings (SSSR count). The van der Waals surface area contributed by atoms with Crippen LogP contribution in [-0.4, -0.2) is 91.9 Å². The second-order valence-corrected chi connectivity index (χ2v) is 9.25. The van der Waals surface area contributed by atoms with Crippen LogP contribution in [0.2, 0.25) is 0 Å². The van der Waals surface area contributed by atoms with Crippen molar-refractivity contribution in [2.24, 2.45) is 0 Å². The van der Waals surface area contributed by atoms with Crippen LogP contribution in [0.4, 0.5) is 5.69 Å². The molecule has 1 saturated heterocycles. The molecule has 30 heavy (non-hydrogen) atoms. The van der Waals surface area contributed by atoms with E-state index < -0.39 is 26.4 Å². The van der Waals surface area contributed by atoms with Crippen molar-refractivity contribution in [2.45, 2.75) is 25.2 Å². The Morgan fingerprint density at radius 1 is 1.10 bits per heavy atom. The Morgan fingerprint density at radius 2 is 1.77 bits per heavy atom. The number of hydrogen-bond donors (Lipinski definition) is 0. The fourth-order valence-corrected chi connectivity index (χ4v) is 4.08. The Balaban J connectivity index is 2.16. The highest BCUT2D eigenvalue weighted by atomic mass is 32.2. The summed E-state index contributed by atoms with van der Waals surface area (Å²) in [5, 5.41) is 11.2. The van der Waals surface area contributed by atoms with Gasteiger partial charge in [0.15, 0.2) is 9.84 Å². The van der Waals surface area contributed by atoms with Crippen molar-refractivity contribution in [2.75, 3.05) is 52.1 Å². The highest BCUT2D eigenvalue weighted by Gasteiger charge is 2.25. The molecule has 11 heteroatoms. The molecule has 1 aromatic carbocycles. The molecular weight excluding hydrogens is 412 g/mol. The van der Waals surface area contributed by atoms with Crippen LogP contribution in [0, 0.1) is 10.1 Å². The summed E-state index contributed by atoms with van der Waals surface area (Å²) in [6, 6.07) is 3.23. The molecule has 1 aliphatic rings. The molecule has 0 aromatic heterocycles. The van der Waals surface area contributed by atoms with Crippen molar-refractivity contribution in [3.05, 3.63) is 33.9 Å². The topological polar surface area (TPSA) is 121 Å². The lowest BCUT2D eigenvalue weighted by molar-refractivity contribution is -0.385. The zero-order valence-corrected chi connectivity index (χ0v) is 18.4. The predicted octanol–water partition coefficient (Wildman–Crippen LogP) is 1.01. The highest BCUT2D eigenvalue weighted by molar-refractivity contribution is 7.90. The number of benzene rings is 1. The lowest BCUT2D eigenvalue weighted by atomic mass is 10.1. The van der Waals surface area contributed by atoms with Crippen LogP contribution in [0.25, 0.3) is 0 Å². The van der Waals surface area contributed by atoms with Crippen LogP contribution < -0.4 is 0 Å². The third-order valence-electron chi connectivity index (χ3n) is 5.13. The Hall–Kier alpha value is -2.53. The lowest BCUT2D eigenvalue weighted by Crippen LogP contribution is -2.42. The van der Waals surface area contributed by atoms with Gasteiger partial charge in [0.2, 0.25) is 5.91 Å². The number of rotatable bonds is 7. The van der Waals surface area contributed by atoms with Crippen molar-refractivity contribution < 1.29 is 22.9 Å². The van der Waals surface area contributed by atoms with Gasteiger partial charge in [-0.3, -0.25) is 24.6 Å². The Labute approximate surface area is 176 Å². The van der Waals surface area contributed by atoms with Crippen LogP contribution in [-0.2, 0) is 14.6 Å². The van der Waals surface area contributed by atoms with Crippen LogP contribution in [0.15, 0.2) is 23.1 Å². The van der Waals surface area contributed by atoms with Crippen LogP contribution >= 0.6 is 0 Å². The van der Waals surface area contributed by atoms with E-state index in [1.165, 1.54) is 6.07 Å². The van der Waals surface area contributed by atoms with Gasteiger partial charge in [-0.25, -0.2) is 8.42 Å². The van der Waals surface area contributed by atoms with Gasteiger partial charge >= 0.3 is 0 Å². The Bertz CT molecular complexity index is 914. The quantitative estimate of drug-likeness (QED) is 0.458. The van der Waals surface area contributed by atoms with E-state index >= 15 is 0 Å². The first-order valence-corrected chi connectivity index (χ1v) is 11.7.